The van der Waals surface area contributed by atoms with E-state index in [1.165, 1.54) is 6.33 Å². The lowest BCUT2D eigenvalue weighted by Gasteiger charge is -2.28. The van der Waals surface area contributed by atoms with Crippen molar-refractivity contribution in [2.24, 2.45) is 0 Å². The molecule has 2 aromatic heterocycles. The molecule has 0 saturated carbocycles. The first-order valence-electron chi connectivity index (χ1n) is 7.25. The van der Waals surface area contributed by atoms with Crippen molar-refractivity contribution < 1.29 is 4.74 Å². The van der Waals surface area contributed by atoms with Crippen LogP contribution in [0.4, 0.5) is 5.82 Å². The van der Waals surface area contributed by atoms with E-state index < -0.39 is 0 Å². The number of aromatic nitrogens is 4. The molecule has 0 atom stereocenters. The van der Waals surface area contributed by atoms with Gasteiger partial charge in [-0.25, -0.2) is 19.9 Å². The highest BCUT2D eigenvalue weighted by Gasteiger charge is 2.15. The van der Waals surface area contributed by atoms with Crippen molar-refractivity contribution in [3.05, 3.63) is 43.2 Å². The van der Waals surface area contributed by atoms with Gasteiger partial charge >= 0.3 is 0 Å². The molecule has 0 amide bonds. The van der Waals surface area contributed by atoms with Crippen molar-refractivity contribution in [1.29, 1.82) is 0 Å². The monoisotopic (exact) mass is 293 g/mol. The Kier molecular flexibility index (Phi) is 3.36. The third-order valence-corrected chi connectivity index (χ3v) is 3.82. The maximum atomic E-state index is 5.41. The van der Waals surface area contributed by atoms with Crippen molar-refractivity contribution in [2.75, 3.05) is 31.2 Å². The quantitative estimate of drug-likeness (QED) is 0.719. The summed E-state index contributed by atoms with van der Waals surface area (Å²) in [4.78, 5) is 19.3. The molecule has 3 aromatic rings. The maximum Gasteiger partial charge on any atom is 0.140 e. The summed E-state index contributed by atoms with van der Waals surface area (Å²) in [6, 6.07) is 6.19. The third-order valence-electron chi connectivity index (χ3n) is 3.82. The first kappa shape index (κ1) is 13.1. The smallest absolute Gasteiger partial charge is 0.140 e. The van der Waals surface area contributed by atoms with Gasteiger partial charge in [0.15, 0.2) is 0 Å². The number of rotatable bonds is 2. The number of ether oxygens (including phenoxy) is 1. The zero-order valence-electron chi connectivity index (χ0n) is 12.0. The summed E-state index contributed by atoms with van der Waals surface area (Å²) in [6.07, 6.45) is 6.76. The van der Waals surface area contributed by atoms with Crippen molar-refractivity contribution in [1.82, 2.24) is 19.9 Å². The highest BCUT2D eigenvalue weighted by molar-refractivity contribution is 5.92. The second-order valence-electron chi connectivity index (χ2n) is 5.16. The largest absolute Gasteiger partial charge is 0.378 e. The third kappa shape index (κ3) is 2.37. The van der Waals surface area contributed by atoms with E-state index >= 15 is 0 Å². The van der Waals surface area contributed by atoms with E-state index in [1.807, 2.05) is 0 Å². The fraction of sp³-hybridized carbons (Fsp3) is 0.250. The molecular weight excluding hydrogens is 278 g/mol. The standard InChI is InChI=1S/C16H15N5O/c1-2-14-15(7-12(1)13-8-17-10-18-9-13)19-11-20-16(14)21-3-5-22-6-4-21/h1-2,7-11H,3-6H2. The van der Waals surface area contributed by atoms with E-state index in [9.17, 15) is 0 Å². The SMILES string of the molecule is c1ncc(-c2ccc3c(N4CCOCC4)ncnc3c2)cn1. The van der Waals surface area contributed by atoms with Crippen LogP contribution in [0.5, 0.6) is 0 Å². The van der Waals surface area contributed by atoms with Crippen LogP contribution >= 0.6 is 0 Å². The van der Waals surface area contributed by atoms with Crippen LogP contribution in [0.3, 0.4) is 0 Å². The average Bonchev–Trinajstić information content (AvgIpc) is 2.62. The molecule has 0 unspecified atom stereocenters. The summed E-state index contributed by atoms with van der Waals surface area (Å²) in [6.45, 7) is 3.21. The van der Waals surface area contributed by atoms with E-state index in [4.69, 9.17) is 4.74 Å². The van der Waals surface area contributed by atoms with E-state index in [2.05, 4.69) is 43.0 Å². The number of morpholine rings is 1. The lowest BCUT2D eigenvalue weighted by molar-refractivity contribution is 0.122. The topological polar surface area (TPSA) is 64.0 Å². The van der Waals surface area contributed by atoms with Crippen LogP contribution in [0, 0.1) is 0 Å². The lowest BCUT2D eigenvalue weighted by Crippen LogP contribution is -2.36. The second-order valence-corrected chi connectivity index (χ2v) is 5.16. The molecular formula is C16H15N5O. The zero-order valence-corrected chi connectivity index (χ0v) is 12.0. The summed E-state index contributed by atoms with van der Waals surface area (Å²) in [5, 5.41) is 1.06. The summed E-state index contributed by atoms with van der Waals surface area (Å²) >= 11 is 0. The Morgan fingerprint density at radius 2 is 1.73 bits per heavy atom. The van der Waals surface area contributed by atoms with Crippen LogP contribution in [-0.4, -0.2) is 46.2 Å². The van der Waals surface area contributed by atoms with Crippen LogP contribution < -0.4 is 4.90 Å². The van der Waals surface area contributed by atoms with Gasteiger partial charge in [0.05, 0.1) is 18.7 Å². The number of nitrogens with zero attached hydrogens (tertiary/aromatic N) is 5. The Hall–Kier alpha value is -2.60. The predicted molar refractivity (Wildman–Crippen MR) is 83.6 cm³/mol. The summed E-state index contributed by atoms with van der Waals surface area (Å²) in [5.41, 5.74) is 2.97. The van der Waals surface area contributed by atoms with Gasteiger partial charge in [-0.3, -0.25) is 0 Å². The molecule has 1 aliphatic rings. The van der Waals surface area contributed by atoms with Crippen LogP contribution in [0.2, 0.25) is 0 Å². The van der Waals surface area contributed by atoms with Gasteiger partial charge < -0.3 is 9.64 Å². The van der Waals surface area contributed by atoms with Gasteiger partial charge in [0.1, 0.15) is 18.5 Å². The molecule has 1 aliphatic heterocycles. The number of fused-ring (bicyclic) bond motifs is 1. The van der Waals surface area contributed by atoms with Gasteiger partial charge in [0, 0.05) is 36.4 Å². The van der Waals surface area contributed by atoms with Crippen molar-refractivity contribution >= 4 is 16.7 Å². The van der Waals surface area contributed by atoms with Crippen LogP contribution in [0.1, 0.15) is 0 Å². The van der Waals surface area contributed by atoms with E-state index in [0.29, 0.717) is 0 Å². The molecule has 4 rings (SSSR count). The Labute approximate surface area is 127 Å². The summed E-state index contributed by atoms with van der Waals surface area (Å²) < 4.78 is 5.41. The molecule has 1 aromatic carbocycles. The fourth-order valence-corrected chi connectivity index (χ4v) is 2.70. The maximum absolute atomic E-state index is 5.41. The molecule has 0 bridgehead atoms. The molecule has 0 radical (unpaired) electrons. The van der Waals surface area contributed by atoms with Gasteiger partial charge in [-0.1, -0.05) is 6.07 Å². The van der Waals surface area contributed by atoms with Crippen molar-refractivity contribution in [2.45, 2.75) is 0 Å². The molecule has 1 saturated heterocycles. The van der Waals surface area contributed by atoms with Crippen LogP contribution in [0.25, 0.3) is 22.0 Å². The molecule has 0 spiro atoms. The second kappa shape index (κ2) is 5.65. The molecule has 0 N–H and O–H groups in total. The minimum absolute atomic E-state index is 0.741. The highest BCUT2D eigenvalue weighted by Crippen LogP contribution is 2.27. The van der Waals surface area contributed by atoms with Gasteiger partial charge in [-0.15, -0.1) is 0 Å². The van der Waals surface area contributed by atoms with Crippen molar-refractivity contribution in [3.63, 3.8) is 0 Å². The van der Waals surface area contributed by atoms with Crippen LogP contribution in [-0.2, 0) is 4.74 Å². The average molecular weight is 293 g/mol. The number of benzene rings is 1. The van der Waals surface area contributed by atoms with E-state index in [1.54, 1.807) is 18.7 Å². The minimum Gasteiger partial charge on any atom is -0.378 e. The Morgan fingerprint density at radius 1 is 0.909 bits per heavy atom. The molecule has 110 valence electrons. The van der Waals surface area contributed by atoms with Crippen LogP contribution in [0.15, 0.2) is 43.2 Å². The molecule has 0 aliphatic carbocycles. The first-order chi connectivity index (χ1) is 10.9. The van der Waals surface area contributed by atoms with Gasteiger partial charge in [-0.2, -0.15) is 0 Å². The van der Waals surface area contributed by atoms with Crippen molar-refractivity contribution in [3.8, 4) is 11.1 Å². The molecule has 6 nitrogen and oxygen atoms in total. The molecule has 22 heavy (non-hydrogen) atoms. The van der Waals surface area contributed by atoms with Gasteiger partial charge in [0.25, 0.3) is 0 Å². The molecule has 6 heteroatoms. The molecule has 1 fully saturated rings. The van der Waals surface area contributed by atoms with Gasteiger partial charge in [0.2, 0.25) is 0 Å². The normalized spacial score (nSPS) is 15.2. The Morgan fingerprint density at radius 3 is 2.55 bits per heavy atom. The summed E-state index contributed by atoms with van der Waals surface area (Å²) in [7, 11) is 0. The Bertz CT molecular complexity index is 787. The number of hydrogen-bond donors (Lipinski definition) is 0. The summed E-state index contributed by atoms with van der Waals surface area (Å²) in [5.74, 6) is 0.976. The Balaban J connectivity index is 1.78. The predicted octanol–water partition coefficient (Wildman–Crippen LogP) is 1.92. The lowest BCUT2D eigenvalue weighted by atomic mass is 10.1. The zero-order chi connectivity index (χ0) is 14.8. The first-order valence-corrected chi connectivity index (χ1v) is 7.25. The minimum atomic E-state index is 0.741. The number of anilines is 1. The van der Waals surface area contributed by atoms with E-state index in [-0.39, 0.29) is 0 Å². The van der Waals surface area contributed by atoms with Gasteiger partial charge in [-0.05, 0) is 17.7 Å². The highest BCUT2D eigenvalue weighted by atomic mass is 16.5. The molecule has 3 heterocycles. The fourth-order valence-electron chi connectivity index (χ4n) is 2.70. The number of hydrogen-bond acceptors (Lipinski definition) is 6. The van der Waals surface area contributed by atoms with E-state index in [0.717, 1.165) is 54.2 Å².